The second kappa shape index (κ2) is 8.73. The molecule has 2 saturated heterocycles. The lowest BCUT2D eigenvalue weighted by atomic mass is 9.89. The summed E-state index contributed by atoms with van der Waals surface area (Å²) in [6, 6.07) is 15.0. The minimum Gasteiger partial charge on any atom is -0.342 e. The number of halogens is 3. The summed E-state index contributed by atoms with van der Waals surface area (Å²) in [6.45, 7) is 1.48. The van der Waals surface area contributed by atoms with Crippen molar-refractivity contribution in [1.29, 1.82) is 0 Å². The van der Waals surface area contributed by atoms with Crippen LogP contribution in [0, 0.1) is 11.8 Å². The molecule has 164 valence electrons. The fourth-order valence-corrected chi connectivity index (χ4v) is 4.54. The molecular weight excluding hydrogens is 405 g/mol. The fourth-order valence-electron chi connectivity index (χ4n) is 4.54. The van der Waals surface area contributed by atoms with Gasteiger partial charge in [-0.1, -0.05) is 36.4 Å². The summed E-state index contributed by atoms with van der Waals surface area (Å²) < 4.78 is 39.0. The third-order valence-electron chi connectivity index (χ3n) is 6.28. The number of rotatable bonds is 4. The molecule has 2 heterocycles. The molecule has 0 spiro atoms. The van der Waals surface area contributed by atoms with E-state index in [1.165, 1.54) is 22.6 Å². The number of piperidine rings is 1. The monoisotopic (exact) mass is 430 g/mol. The Labute approximate surface area is 179 Å². The van der Waals surface area contributed by atoms with Crippen LogP contribution in [0.5, 0.6) is 0 Å². The van der Waals surface area contributed by atoms with Crippen molar-refractivity contribution >= 4 is 17.5 Å². The van der Waals surface area contributed by atoms with Gasteiger partial charge < -0.3 is 9.80 Å². The van der Waals surface area contributed by atoms with E-state index in [0.717, 1.165) is 31.4 Å². The van der Waals surface area contributed by atoms with Gasteiger partial charge >= 0.3 is 6.18 Å². The van der Waals surface area contributed by atoms with E-state index >= 15 is 0 Å². The molecule has 0 radical (unpaired) electrons. The molecule has 2 fully saturated rings. The number of anilines is 1. The van der Waals surface area contributed by atoms with Gasteiger partial charge in [-0.25, -0.2) is 0 Å². The number of carbonyl (C=O) groups excluding carboxylic acids is 2. The molecule has 2 aliphatic rings. The van der Waals surface area contributed by atoms with Crippen molar-refractivity contribution in [3.05, 3.63) is 65.7 Å². The fraction of sp³-hybridized carbons (Fsp3) is 0.417. The molecule has 2 aliphatic heterocycles. The van der Waals surface area contributed by atoms with E-state index in [4.69, 9.17) is 0 Å². The van der Waals surface area contributed by atoms with Crippen molar-refractivity contribution in [3.63, 3.8) is 0 Å². The molecule has 0 aromatic heterocycles. The highest BCUT2D eigenvalue weighted by Crippen LogP contribution is 2.34. The quantitative estimate of drug-likeness (QED) is 0.669. The number of alkyl halides is 3. The van der Waals surface area contributed by atoms with E-state index in [1.54, 1.807) is 4.90 Å². The van der Waals surface area contributed by atoms with Crippen LogP contribution in [0.2, 0.25) is 0 Å². The molecule has 4 rings (SSSR count). The Morgan fingerprint density at radius 3 is 2.32 bits per heavy atom. The second-order valence-electron chi connectivity index (χ2n) is 8.34. The number of amides is 2. The summed E-state index contributed by atoms with van der Waals surface area (Å²) in [5.41, 5.74) is 0.680. The molecular formula is C24H25F3N2O2. The highest BCUT2D eigenvalue weighted by molar-refractivity contribution is 6.09. The van der Waals surface area contributed by atoms with Crippen molar-refractivity contribution in [2.45, 2.75) is 31.9 Å². The molecule has 31 heavy (non-hydrogen) atoms. The molecule has 0 saturated carbocycles. The van der Waals surface area contributed by atoms with Crippen LogP contribution in [0.15, 0.2) is 54.6 Å². The van der Waals surface area contributed by atoms with Crippen LogP contribution in [0.1, 0.15) is 30.4 Å². The number of likely N-dealkylation sites (tertiary alicyclic amines) is 1. The number of carbonyl (C=O) groups is 2. The van der Waals surface area contributed by atoms with Crippen molar-refractivity contribution in [3.8, 4) is 0 Å². The molecule has 7 heteroatoms. The van der Waals surface area contributed by atoms with Crippen LogP contribution in [0.4, 0.5) is 18.9 Å². The van der Waals surface area contributed by atoms with Gasteiger partial charge in [0.15, 0.2) is 0 Å². The zero-order valence-electron chi connectivity index (χ0n) is 17.1. The van der Waals surface area contributed by atoms with Gasteiger partial charge in [0.2, 0.25) is 11.8 Å². The van der Waals surface area contributed by atoms with Crippen LogP contribution in [-0.2, 0) is 22.2 Å². The van der Waals surface area contributed by atoms with Crippen molar-refractivity contribution in [2.75, 3.05) is 24.5 Å². The average Bonchev–Trinajstić information content (AvgIpc) is 3.15. The second-order valence-corrected chi connectivity index (χ2v) is 8.34. The summed E-state index contributed by atoms with van der Waals surface area (Å²) in [7, 11) is 0. The highest BCUT2D eigenvalue weighted by atomic mass is 19.4. The predicted octanol–water partition coefficient (Wildman–Crippen LogP) is 4.54. The van der Waals surface area contributed by atoms with E-state index in [0.29, 0.717) is 25.4 Å². The SMILES string of the molecule is O=C([C@H]1CCN(c2cccc(C(F)(F)F)c2)C1=O)N1CCC(Cc2ccccc2)CC1. The van der Waals surface area contributed by atoms with E-state index in [9.17, 15) is 22.8 Å². The first-order chi connectivity index (χ1) is 14.8. The van der Waals surface area contributed by atoms with E-state index in [-0.39, 0.29) is 18.1 Å². The predicted molar refractivity (Wildman–Crippen MR) is 111 cm³/mol. The van der Waals surface area contributed by atoms with Crippen LogP contribution in [0.25, 0.3) is 0 Å². The lowest BCUT2D eigenvalue weighted by Crippen LogP contribution is -2.44. The maximum Gasteiger partial charge on any atom is 0.416 e. The standard InChI is InChI=1S/C24H25F3N2O2/c25-24(26,27)19-7-4-8-20(16-19)29-14-11-21(23(29)31)22(30)28-12-9-18(10-13-28)15-17-5-2-1-3-6-17/h1-8,16,18,21H,9-15H2/t21-/m1/s1. The molecule has 0 aliphatic carbocycles. The molecule has 1 atom stereocenters. The zero-order chi connectivity index (χ0) is 22.0. The van der Waals surface area contributed by atoms with Gasteiger partial charge in [-0.3, -0.25) is 9.59 Å². The normalized spacial score (nSPS) is 20.4. The third-order valence-corrected chi connectivity index (χ3v) is 6.28. The first-order valence-electron chi connectivity index (χ1n) is 10.6. The summed E-state index contributed by atoms with van der Waals surface area (Å²) in [6.07, 6.45) is -1.39. The largest absolute Gasteiger partial charge is 0.416 e. The molecule has 2 amide bonds. The number of hydrogen-bond acceptors (Lipinski definition) is 2. The lowest BCUT2D eigenvalue weighted by Gasteiger charge is -2.33. The summed E-state index contributed by atoms with van der Waals surface area (Å²) in [4.78, 5) is 28.9. The molecule has 0 bridgehead atoms. The first kappa shape index (κ1) is 21.4. The first-order valence-corrected chi connectivity index (χ1v) is 10.6. The Morgan fingerprint density at radius 2 is 1.65 bits per heavy atom. The molecule has 2 aromatic carbocycles. The summed E-state index contributed by atoms with van der Waals surface area (Å²) in [5.74, 6) is -0.902. The van der Waals surface area contributed by atoms with Crippen LogP contribution < -0.4 is 4.90 Å². The molecule has 4 nitrogen and oxygen atoms in total. The average molecular weight is 430 g/mol. The number of nitrogens with zero attached hydrogens (tertiary/aromatic N) is 2. The van der Waals surface area contributed by atoms with Crippen LogP contribution in [-0.4, -0.2) is 36.3 Å². The van der Waals surface area contributed by atoms with E-state index < -0.39 is 23.6 Å². The molecule has 2 aromatic rings. The maximum absolute atomic E-state index is 13.0. The number of hydrogen-bond donors (Lipinski definition) is 0. The van der Waals surface area contributed by atoms with E-state index in [1.807, 2.05) is 18.2 Å². The Bertz CT molecular complexity index is 937. The minimum absolute atomic E-state index is 0.191. The van der Waals surface area contributed by atoms with Gasteiger partial charge in [0.25, 0.3) is 0 Å². The Hall–Kier alpha value is -2.83. The van der Waals surface area contributed by atoms with Gasteiger partial charge in [-0.15, -0.1) is 0 Å². The van der Waals surface area contributed by atoms with Gasteiger partial charge in [-0.2, -0.15) is 13.2 Å². The van der Waals surface area contributed by atoms with Gasteiger partial charge in [-0.05, 0) is 55.4 Å². The van der Waals surface area contributed by atoms with Gasteiger partial charge in [0.05, 0.1) is 5.56 Å². The van der Waals surface area contributed by atoms with Crippen molar-refractivity contribution < 1.29 is 22.8 Å². The zero-order valence-corrected chi connectivity index (χ0v) is 17.1. The maximum atomic E-state index is 13.0. The molecule has 0 N–H and O–H groups in total. The smallest absolute Gasteiger partial charge is 0.342 e. The Morgan fingerprint density at radius 1 is 0.935 bits per heavy atom. The topological polar surface area (TPSA) is 40.6 Å². The Kier molecular flexibility index (Phi) is 6.03. The van der Waals surface area contributed by atoms with Crippen LogP contribution in [0.3, 0.4) is 0 Å². The van der Waals surface area contributed by atoms with Gasteiger partial charge in [0.1, 0.15) is 5.92 Å². The van der Waals surface area contributed by atoms with Crippen molar-refractivity contribution in [2.24, 2.45) is 11.8 Å². The van der Waals surface area contributed by atoms with Crippen molar-refractivity contribution in [1.82, 2.24) is 4.90 Å². The Balaban J connectivity index is 1.36. The van der Waals surface area contributed by atoms with Gasteiger partial charge in [0, 0.05) is 25.3 Å². The summed E-state index contributed by atoms with van der Waals surface area (Å²) in [5, 5.41) is 0. The summed E-state index contributed by atoms with van der Waals surface area (Å²) >= 11 is 0. The highest BCUT2D eigenvalue weighted by Gasteiger charge is 2.41. The lowest BCUT2D eigenvalue weighted by molar-refractivity contribution is -0.141. The number of benzene rings is 2. The minimum atomic E-state index is -4.47. The third kappa shape index (κ3) is 4.75. The molecule has 0 unspecified atom stereocenters. The van der Waals surface area contributed by atoms with Crippen LogP contribution >= 0.6 is 0 Å². The van der Waals surface area contributed by atoms with E-state index in [2.05, 4.69) is 12.1 Å².